The van der Waals surface area contributed by atoms with E-state index in [1.165, 1.54) is 0 Å². The summed E-state index contributed by atoms with van der Waals surface area (Å²) in [5.74, 6) is 1.94. The Morgan fingerprint density at radius 2 is 2.13 bits per heavy atom. The van der Waals surface area contributed by atoms with Crippen LogP contribution in [-0.4, -0.2) is 43.2 Å². The fourth-order valence-corrected chi connectivity index (χ4v) is 3.08. The van der Waals surface area contributed by atoms with Gasteiger partial charge in [0.05, 0.1) is 0 Å². The van der Waals surface area contributed by atoms with E-state index < -0.39 is 0 Å². The number of carbonyl (C=O) groups excluding carboxylic acids is 1. The van der Waals surface area contributed by atoms with Crippen LogP contribution in [0.25, 0.3) is 6.08 Å². The van der Waals surface area contributed by atoms with Gasteiger partial charge in [-0.2, -0.15) is 0 Å². The molecule has 2 unspecified atom stereocenters. The van der Waals surface area contributed by atoms with Gasteiger partial charge < -0.3 is 20.1 Å². The number of ether oxygens (including phenoxy) is 2. The molecule has 1 fully saturated rings. The highest BCUT2D eigenvalue weighted by molar-refractivity contribution is 5.92. The van der Waals surface area contributed by atoms with Gasteiger partial charge in [-0.3, -0.25) is 4.79 Å². The number of nitrogens with two attached hydrogens (primary N) is 1. The van der Waals surface area contributed by atoms with E-state index in [0.29, 0.717) is 19.1 Å². The van der Waals surface area contributed by atoms with Gasteiger partial charge in [0, 0.05) is 25.2 Å². The van der Waals surface area contributed by atoms with E-state index >= 15 is 0 Å². The largest absolute Gasteiger partial charge is 0.486 e. The Labute approximate surface area is 137 Å². The Bertz CT molecular complexity index is 598. The van der Waals surface area contributed by atoms with Crippen molar-refractivity contribution in [1.82, 2.24) is 4.90 Å². The summed E-state index contributed by atoms with van der Waals surface area (Å²) in [4.78, 5) is 14.3. The number of hydrogen-bond donors (Lipinski definition) is 1. The Kier molecular flexibility index (Phi) is 4.86. The quantitative estimate of drug-likeness (QED) is 0.867. The summed E-state index contributed by atoms with van der Waals surface area (Å²) in [6.45, 7) is 4.72. The van der Waals surface area contributed by atoms with Gasteiger partial charge in [0.1, 0.15) is 13.2 Å². The molecule has 1 aromatic carbocycles. The van der Waals surface area contributed by atoms with Crippen molar-refractivity contribution < 1.29 is 14.3 Å². The summed E-state index contributed by atoms with van der Waals surface area (Å²) in [5, 5.41) is 0. The average molecular weight is 316 g/mol. The van der Waals surface area contributed by atoms with Gasteiger partial charge in [-0.05, 0) is 49.5 Å². The second kappa shape index (κ2) is 7.04. The molecule has 0 radical (unpaired) electrons. The lowest BCUT2D eigenvalue weighted by Crippen LogP contribution is -2.44. The van der Waals surface area contributed by atoms with Crippen molar-refractivity contribution >= 4 is 12.0 Å². The third-order valence-corrected chi connectivity index (χ3v) is 4.50. The minimum atomic E-state index is 0.0465. The zero-order chi connectivity index (χ0) is 16.2. The maximum absolute atomic E-state index is 12.4. The smallest absolute Gasteiger partial charge is 0.246 e. The van der Waals surface area contributed by atoms with Crippen molar-refractivity contribution in [2.24, 2.45) is 11.7 Å². The topological polar surface area (TPSA) is 64.8 Å². The standard InChI is InChI=1S/C18H24N2O3/c1-13(19)15-3-2-8-20(12-15)18(21)7-5-14-4-6-16-17(11-14)23-10-9-22-16/h4-7,11,13,15H,2-3,8-10,12,19H2,1H3. The zero-order valence-corrected chi connectivity index (χ0v) is 13.5. The molecule has 2 aliphatic heterocycles. The third kappa shape index (κ3) is 3.85. The number of nitrogens with zero attached hydrogens (tertiary/aromatic N) is 1. The first-order valence-corrected chi connectivity index (χ1v) is 8.26. The Balaban J connectivity index is 1.64. The molecule has 124 valence electrons. The summed E-state index contributed by atoms with van der Waals surface area (Å²) in [7, 11) is 0. The maximum atomic E-state index is 12.4. The number of piperidine rings is 1. The number of likely N-dealkylation sites (tertiary alicyclic amines) is 1. The van der Waals surface area contributed by atoms with E-state index in [1.54, 1.807) is 6.08 Å². The molecular formula is C18H24N2O3. The van der Waals surface area contributed by atoms with E-state index in [-0.39, 0.29) is 11.9 Å². The van der Waals surface area contributed by atoms with E-state index in [0.717, 1.165) is 43.0 Å². The van der Waals surface area contributed by atoms with Crippen molar-refractivity contribution in [2.75, 3.05) is 26.3 Å². The van der Waals surface area contributed by atoms with Crippen molar-refractivity contribution in [3.05, 3.63) is 29.8 Å². The molecule has 1 aromatic rings. The molecule has 2 aliphatic rings. The summed E-state index contributed by atoms with van der Waals surface area (Å²) < 4.78 is 11.1. The van der Waals surface area contributed by atoms with Crippen LogP contribution in [0, 0.1) is 5.92 Å². The highest BCUT2D eigenvalue weighted by atomic mass is 16.6. The summed E-state index contributed by atoms with van der Waals surface area (Å²) in [6.07, 6.45) is 5.59. The molecule has 23 heavy (non-hydrogen) atoms. The molecular weight excluding hydrogens is 292 g/mol. The molecule has 0 saturated carbocycles. The van der Waals surface area contributed by atoms with Gasteiger partial charge in [0.25, 0.3) is 0 Å². The molecule has 0 bridgehead atoms. The van der Waals surface area contributed by atoms with Crippen LogP contribution in [0.4, 0.5) is 0 Å². The van der Waals surface area contributed by atoms with E-state index in [2.05, 4.69) is 0 Å². The summed E-state index contributed by atoms with van der Waals surface area (Å²) in [5.41, 5.74) is 6.91. The van der Waals surface area contributed by atoms with Crippen LogP contribution in [0.3, 0.4) is 0 Å². The molecule has 3 rings (SSSR count). The van der Waals surface area contributed by atoms with E-state index in [4.69, 9.17) is 15.2 Å². The number of fused-ring (bicyclic) bond motifs is 1. The normalized spacial score (nSPS) is 22.2. The predicted octanol–water partition coefficient (Wildman–Crippen LogP) is 2.06. The first-order valence-electron chi connectivity index (χ1n) is 8.26. The zero-order valence-electron chi connectivity index (χ0n) is 13.5. The molecule has 2 heterocycles. The molecule has 5 nitrogen and oxygen atoms in total. The number of hydrogen-bond acceptors (Lipinski definition) is 4. The van der Waals surface area contributed by atoms with Gasteiger partial charge in [-0.1, -0.05) is 6.07 Å². The Morgan fingerprint density at radius 3 is 2.91 bits per heavy atom. The molecule has 2 N–H and O–H groups in total. The van der Waals surface area contributed by atoms with Crippen LogP contribution in [-0.2, 0) is 4.79 Å². The molecule has 1 saturated heterocycles. The highest BCUT2D eigenvalue weighted by Crippen LogP contribution is 2.31. The van der Waals surface area contributed by atoms with Gasteiger partial charge in [0.15, 0.2) is 11.5 Å². The highest BCUT2D eigenvalue weighted by Gasteiger charge is 2.24. The monoisotopic (exact) mass is 316 g/mol. The first kappa shape index (κ1) is 15.9. The lowest BCUT2D eigenvalue weighted by Gasteiger charge is -2.34. The van der Waals surface area contributed by atoms with Crippen LogP contribution >= 0.6 is 0 Å². The number of carbonyl (C=O) groups is 1. The number of rotatable bonds is 3. The second-order valence-corrected chi connectivity index (χ2v) is 6.28. The third-order valence-electron chi connectivity index (χ3n) is 4.50. The first-order chi connectivity index (χ1) is 11.1. The van der Waals surface area contributed by atoms with Crippen molar-refractivity contribution in [3.8, 4) is 11.5 Å². The van der Waals surface area contributed by atoms with Gasteiger partial charge in [-0.25, -0.2) is 0 Å². The fraction of sp³-hybridized carbons (Fsp3) is 0.500. The minimum Gasteiger partial charge on any atom is -0.486 e. The lowest BCUT2D eigenvalue weighted by atomic mass is 9.92. The lowest BCUT2D eigenvalue weighted by molar-refractivity contribution is -0.127. The maximum Gasteiger partial charge on any atom is 0.246 e. The molecule has 5 heteroatoms. The van der Waals surface area contributed by atoms with Crippen LogP contribution in [0.1, 0.15) is 25.3 Å². The molecule has 2 atom stereocenters. The van der Waals surface area contributed by atoms with Crippen molar-refractivity contribution in [2.45, 2.75) is 25.8 Å². The van der Waals surface area contributed by atoms with Crippen molar-refractivity contribution in [3.63, 3.8) is 0 Å². The average Bonchev–Trinajstić information content (AvgIpc) is 2.59. The van der Waals surface area contributed by atoms with Crippen LogP contribution < -0.4 is 15.2 Å². The van der Waals surface area contributed by atoms with Crippen LogP contribution in [0.2, 0.25) is 0 Å². The van der Waals surface area contributed by atoms with E-state index in [1.807, 2.05) is 36.1 Å². The van der Waals surface area contributed by atoms with Gasteiger partial charge >= 0.3 is 0 Å². The summed E-state index contributed by atoms with van der Waals surface area (Å²) >= 11 is 0. The molecule has 1 amide bonds. The number of benzene rings is 1. The molecule has 0 aromatic heterocycles. The molecule has 0 spiro atoms. The SMILES string of the molecule is CC(N)C1CCCN(C(=O)C=Cc2ccc3c(c2)OCCO3)C1. The Hall–Kier alpha value is -2.01. The Morgan fingerprint density at radius 1 is 1.35 bits per heavy atom. The molecule has 0 aliphatic carbocycles. The number of amides is 1. The van der Waals surface area contributed by atoms with E-state index in [9.17, 15) is 4.79 Å². The van der Waals surface area contributed by atoms with Crippen LogP contribution in [0.15, 0.2) is 24.3 Å². The van der Waals surface area contributed by atoms with Gasteiger partial charge in [0.2, 0.25) is 5.91 Å². The van der Waals surface area contributed by atoms with Gasteiger partial charge in [-0.15, -0.1) is 0 Å². The summed E-state index contributed by atoms with van der Waals surface area (Å²) in [6, 6.07) is 5.84. The second-order valence-electron chi connectivity index (χ2n) is 6.28. The van der Waals surface area contributed by atoms with Crippen molar-refractivity contribution in [1.29, 1.82) is 0 Å². The van der Waals surface area contributed by atoms with Crippen LogP contribution in [0.5, 0.6) is 11.5 Å². The minimum absolute atomic E-state index is 0.0465. The fourth-order valence-electron chi connectivity index (χ4n) is 3.08. The predicted molar refractivity (Wildman–Crippen MR) is 89.4 cm³/mol.